The van der Waals surface area contributed by atoms with Gasteiger partial charge in [-0.05, 0) is 61.0 Å². The van der Waals surface area contributed by atoms with Crippen molar-refractivity contribution in [2.75, 3.05) is 13.7 Å². The van der Waals surface area contributed by atoms with Crippen LogP contribution in [0.1, 0.15) is 18.2 Å². The van der Waals surface area contributed by atoms with Gasteiger partial charge in [0, 0.05) is 6.54 Å². The molecule has 0 aliphatic carbocycles. The van der Waals surface area contributed by atoms with Gasteiger partial charge in [0.25, 0.3) is 0 Å². The summed E-state index contributed by atoms with van der Waals surface area (Å²) in [6.07, 6.45) is 1.48. The standard InChI is InChI=1S/C21H22FNO5S/c1-3-27-17-7-9-19(10-8-17)29(24,25)23(15-18-5-4-12-28-18)14-16-6-11-21(26-2)20(22)13-16/h4-13H,3,14-15H2,1-2H3. The van der Waals surface area contributed by atoms with E-state index in [1.54, 1.807) is 30.3 Å². The zero-order valence-electron chi connectivity index (χ0n) is 16.2. The summed E-state index contributed by atoms with van der Waals surface area (Å²) in [5.74, 6) is 0.608. The van der Waals surface area contributed by atoms with Crippen LogP contribution in [0.5, 0.6) is 11.5 Å². The van der Waals surface area contributed by atoms with E-state index < -0.39 is 15.8 Å². The van der Waals surface area contributed by atoms with Crippen LogP contribution in [0.2, 0.25) is 0 Å². The molecule has 0 atom stereocenters. The van der Waals surface area contributed by atoms with Crippen molar-refractivity contribution in [1.29, 1.82) is 0 Å². The lowest BCUT2D eigenvalue weighted by Crippen LogP contribution is -2.30. The minimum atomic E-state index is -3.87. The molecular weight excluding hydrogens is 397 g/mol. The van der Waals surface area contributed by atoms with Crippen molar-refractivity contribution < 1.29 is 26.7 Å². The molecule has 0 saturated heterocycles. The van der Waals surface area contributed by atoms with Gasteiger partial charge in [0.1, 0.15) is 11.5 Å². The first-order valence-corrected chi connectivity index (χ1v) is 10.5. The highest BCUT2D eigenvalue weighted by Gasteiger charge is 2.26. The fraction of sp³-hybridized carbons (Fsp3) is 0.238. The van der Waals surface area contributed by atoms with Gasteiger partial charge in [0.05, 0.1) is 31.4 Å². The number of furan rings is 1. The highest BCUT2D eigenvalue weighted by atomic mass is 32.2. The van der Waals surface area contributed by atoms with Crippen LogP contribution in [0.25, 0.3) is 0 Å². The Labute approximate surface area is 169 Å². The van der Waals surface area contributed by atoms with Crippen molar-refractivity contribution in [3.8, 4) is 11.5 Å². The normalized spacial score (nSPS) is 11.6. The largest absolute Gasteiger partial charge is 0.494 e. The maximum absolute atomic E-state index is 14.1. The lowest BCUT2D eigenvalue weighted by Gasteiger charge is -2.22. The molecule has 29 heavy (non-hydrogen) atoms. The molecule has 0 aliphatic rings. The van der Waals surface area contributed by atoms with Gasteiger partial charge in [0.15, 0.2) is 11.6 Å². The second kappa shape index (κ2) is 9.11. The lowest BCUT2D eigenvalue weighted by atomic mass is 10.2. The molecule has 6 nitrogen and oxygen atoms in total. The first-order chi connectivity index (χ1) is 13.9. The summed E-state index contributed by atoms with van der Waals surface area (Å²) in [5, 5.41) is 0. The summed E-state index contributed by atoms with van der Waals surface area (Å²) in [7, 11) is -2.50. The molecule has 1 aromatic heterocycles. The molecule has 0 aliphatic heterocycles. The zero-order valence-corrected chi connectivity index (χ0v) is 17.0. The van der Waals surface area contributed by atoms with Crippen LogP contribution in [0.4, 0.5) is 4.39 Å². The van der Waals surface area contributed by atoms with E-state index in [0.29, 0.717) is 23.7 Å². The Morgan fingerprint density at radius 1 is 1.07 bits per heavy atom. The van der Waals surface area contributed by atoms with Crippen molar-refractivity contribution in [1.82, 2.24) is 4.31 Å². The minimum Gasteiger partial charge on any atom is -0.494 e. The highest BCUT2D eigenvalue weighted by Crippen LogP contribution is 2.25. The Bertz CT molecular complexity index is 1030. The average Bonchev–Trinajstić information content (AvgIpc) is 3.21. The summed E-state index contributed by atoms with van der Waals surface area (Å²) in [6, 6.07) is 13.9. The quantitative estimate of drug-likeness (QED) is 0.520. The molecule has 0 fully saturated rings. The summed E-state index contributed by atoms with van der Waals surface area (Å²) >= 11 is 0. The van der Waals surface area contributed by atoms with Gasteiger partial charge < -0.3 is 13.9 Å². The molecule has 0 unspecified atom stereocenters. The number of sulfonamides is 1. The van der Waals surface area contributed by atoms with E-state index in [-0.39, 0.29) is 23.7 Å². The monoisotopic (exact) mass is 419 g/mol. The third-order valence-corrected chi connectivity index (χ3v) is 6.07. The van der Waals surface area contributed by atoms with Crippen LogP contribution < -0.4 is 9.47 Å². The minimum absolute atomic E-state index is 0.0101. The van der Waals surface area contributed by atoms with Gasteiger partial charge >= 0.3 is 0 Å². The van der Waals surface area contributed by atoms with Crippen LogP contribution in [0.3, 0.4) is 0 Å². The summed E-state index contributed by atoms with van der Waals surface area (Å²) in [4.78, 5) is 0.112. The van der Waals surface area contributed by atoms with Crippen LogP contribution in [-0.4, -0.2) is 26.4 Å². The molecule has 0 saturated carbocycles. The first-order valence-electron chi connectivity index (χ1n) is 9.02. The average molecular weight is 419 g/mol. The molecule has 0 spiro atoms. The highest BCUT2D eigenvalue weighted by molar-refractivity contribution is 7.89. The Hall–Kier alpha value is -2.84. The zero-order chi connectivity index (χ0) is 20.9. The van der Waals surface area contributed by atoms with Gasteiger partial charge in [-0.15, -0.1) is 0 Å². The van der Waals surface area contributed by atoms with Crippen molar-refractivity contribution in [2.45, 2.75) is 24.9 Å². The topological polar surface area (TPSA) is 69.0 Å². The van der Waals surface area contributed by atoms with Crippen molar-refractivity contribution in [2.24, 2.45) is 0 Å². The van der Waals surface area contributed by atoms with E-state index in [1.807, 2.05) is 6.92 Å². The SMILES string of the molecule is CCOc1ccc(S(=O)(=O)N(Cc2ccc(OC)c(F)c2)Cc2ccco2)cc1. The fourth-order valence-corrected chi connectivity index (χ4v) is 4.23. The Morgan fingerprint density at radius 2 is 1.83 bits per heavy atom. The first kappa shape index (κ1) is 20.9. The molecule has 0 N–H and O–H groups in total. The molecule has 0 amide bonds. The van der Waals surface area contributed by atoms with Gasteiger partial charge in [-0.1, -0.05) is 6.07 Å². The van der Waals surface area contributed by atoms with Gasteiger partial charge in [-0.2, -0.15) is 4.31 Å². The third-order valence-electron chi connectivity index (χ3n) is 4.26. The van der Waals surface area contributed by atoms with E-state index in [4.69, 9.17) is 13.9 Å². The lowest BCUT2D eigenvalue weighted by molar-refractivity contribution is 0.339. The number of nitrogens with zero attached hydrogens (tertiary/aromatic N) is 1. The van der Waals surface area contributed by atoms with E-state index >= 15 is 0 Å². The van der Waals surface area contributed by atoms with Gasteiger partial charge in [0.2, 0.25) is 10.0 Å². The summed E-state index contributed by atoms with van der Waals surface area (Å²) in [6.45, 7) is 2.32. The molecule has 154 valence electrons. The Morgan fingerprint density at radius 3 is 2.41 bits per heavy atom. The molecule has 3 aromatic rings. The summed E-state index contributed by atoms with van der Waals surface area (Å²) in [5.41, 5.74) is 0.490. The Balaban J connectivity index is 1.92. The van der Waals surface area contributed by atoms with Crippen molar-refractivity contribution in [3.05, 3.63) is 78.0 Å². The second-order valence-corrected chi connectivity index (χ2v) is 8.16. The van der Waals surface area contributed by atoms with Crippen molar-refractivity contribution >= 4 is 10.0 Å². The number of hydrogen-bond donors (Lipinski definition) is 0. The number of hydrogen-bond acceptors (Lipinski definition) is 5. The predicted molar refractivity (Wildman–Crippen MR) is 106 cm³/mol. The number of methoxy groups -OCH3 is 1. The summed E-state index contributed by atoms with van der Waals surface area (Å²) < 4.78 is 57.5. The van der Waals surface area contributed by atoms with E-state index in [1.165, 1.54) is 41.9 Å². The predicted octanol–water partition coefficient (Wildman–Crippen LogP) is 4.22. The molecule has 0 radical (unpaired) electrons. The number of ether oxygens (including phenoxy) is 2. The number of halogens is 1. The smallest absolute Gasteiger partial charge is 0.243 e. The molecule has 3 rings (SSSR count). The number of rotatable bonds is 9. The van der Waals surface area contributed by atoms with Crippen LogP contribution in [0, 0.1) is 5.82 Å². The van der Waals surface area contributed by atoms with Crippen molar-refractivity contribution in [3.63, 3.8) is 0 Å². The molecule has 1 heterocycles. The Kier molecular flexibility index (Phi) is 6.56. The van der Waals surface area contributed by atoms with E-state index in [2.05, 4.69) is 0 Å². The maximum atomic E-state index is 14.1. The molecular formula is C21H22FNO5S. The second-order valence-electron chi connectivity index (χ2n) is 6.23. The maximum Gasteiger partial charge on any atom is 0.243 e. The van der Waals surface area contributed by atoms with Gasteiger partial charge in [-0.25, -0.2) is 12.8 Å². The molecule has 2 aromatic carbocycles. The van der Waals surface area contributed by atoms with Crippen LogP contribution in [0.15, 0.2) is 70.2 Å². The molecule has 8 heteroatoms. The number of benzene rings is 2. The van der Waals surface area contributed by atoms with Crippen LogP contribution >= 0.6 is 0 Å². The fourth-order valence-electron chi connectivity index (χ4n) is 2.84. The van der Waals surface area contributed by atoms with Crippen LogP contribution in [-0.2, 0) is 23.1 Å². The van der Waals surface area contributed by atoms with E-state index in [9.17, 15) is 12.8 Å². The van der Waals surface area contributed by atoms with Gasteiger partial charge in [-0.3, -0.25) is 0 Å². The molecule has 0 bridgehead atoms. The third kappa shape index (κ3) is 4.96. The van der Waals surface area contributed by atoms with E-state index in [0.717, 1.165) is 0 Å².